The minimum absolute atomic E-state index is 0.281. The maximum Gasteiger partial charge on any atom is 0.276 e. The van der Waals surface area contributed by atoms with Gasteiger partial charge in [0, 0.05) is 31.2 Å². The van der Waals surface area contributed by atoms with E-state index in [4.69, 9.17) is 4.84 Å². The Morgan fingerprint density at radius 1 is 0.903 bits per heavy atom. The molecule has 0 saturated heterocycles. The molecule has 1 heterocycles. The molecular weight excluding hydrogens is 388 g/mol. The van der Waals surface area contributed by atoms with Gasteiger partial charge in [0.05, 0.1) is 12.2 Å². The first-order valence-corrected chi connectivity index (χ1v) is 10.6. The van der Waals surface area contributed by atoms with Crippen molar-refractivity contribution in [3.8, 4) is 0 Å². The largest absolute Gasteiger partial charge is 0.380 e. The topological polar surface area (TPSA) is 66.5 Å². The molecule has 0 aliphatic carbocycles. The zero-order valence-corrected chi connectivity index (χ0v) is 18.2. The monoisotopic (exact) mass is 418 g/mol. The number of carbonyl (C=O) groups is 1. The second-order valence-corrected chi connectivity index (χ2v) is 7.25. The fourth-order valence-corrected chi connectivity index (χ4v) is 3.22. The molecule has 31 heavy (non-hydrogen) atoms. The Morgan fingerprint density at radius 3 is 2.29 bits per heavy atom. The number of anilines is 1. The van der Waals surface area contributed by atoms with E-state index in [1.165, 1.54) is 5.56 Å². The fraction of sp³-hybridized carbons (Fsp3) is 0.280. The number of benzene rings is 2. The van der Waals surface area contributed by atoms with Crippen molar-refractivity contribution >= 4 is 11.6 Å². The van der Waals surface area contributed by atoms with Gasteiger partial charge in [-0.3, -0.25) is 19.5 Å². The van der Waals surface area contributed by atoms with E-state index < -0.39 is 0 Å². The third kappa shape index (κ3) is 6.91. The highest BCUT2D eigenvalue weighted by molar-refractivity contribution is 5.98. The molecule has 0 saturated carbocycles. The molecule has 3 rings (SSSR count). The molecule has 0 fully saturated rings. The Hall–Kier alpha value is -3.22. The molecular formula is C25H30N4O2. The molecule has 0 unspecified atom stereocenters. The fourth-order valence-electron chi connectivity index (χ4n) is 3.22. The first-order chi connectivity index (χ1) is 15.2. The Labute approximate surface area is 184 Å². The molecule has 162 valence electrons. The standard InChI is InChI=1S/C25H30N4O2/c1-3-29(4-2)18-21-9-11-22(12-10-21)19-31-28-25(30)23-7-5-6-8-24(23)27-17-20-13-15-26-16-14-20/h5-16,27H,3-4,17-19H2,1-2H3,(H,28,30). The van der Waals surface area contributed by atoms with Crippen LogP contribution in [0.25, 0.3) is 0 Å². The van der Waals surface area contributed by atoms with Gasteiger partial charge in [0.1, 0.15) is 0 Å². The molecule has 1 amide bonds. The van der Waals surface area contributed by atoms with E-state index in [0.29, 0.717) is 18.7 Å². The number of para-hydroxylation sites is 1. The van der Waals surface area contributed by atoms with Crippen molar-refractivity contribution in [2.24, 2.45) is 0 Å². The number of amides is 1. The summed E-state index contributed by atoms with van der Waals surface area (Å²) in [6.07, 6.45) is 3.50. The first-order valence-electron chi connectivity index (χ1n) is 10.6. The van der Waals surface area contributed by atoms with Crippen molar-refractivity contribution in [2.45, 2.75) is 33.5 Å². The van der Waals surface area contributed by atoms with E-state index in [0.717, 1.165) is 36.4 Å². The van der Waals surface area contributed by atoms with Crippen LogP contribution in [-0.2, 0) is 24.5 Å². The van der Waals surface area contributed by atoms with Crippen LogP contribution in [0, 0.1) is 0 Å². The van der Waals surface area contributed by atoms with E-state index in [2.05, 4.69) is 46.7 Å². The van der Waals surface area contributed by atoms with Gasteiger partial charge in [-0.05, 0) is 54.0 Å². The van der Waals surface area contributed by atoms with Crippen LogP contribution in [0.1, 0.15) is 40.9 Å². The molecule has 1 aromatic heterocycles. The molecule has 0 spiro atoms. The quantitative estimate of drug-likeness (QED) is 0.452. The molecule has 2 N–H and O–H groups in total. The predicted molar refractivity (Wildman–Crippen MR) is 123 cm³/mol. The van der Waals surface area contributed by atoms with E-state index in [9.17, 15) is 4.79 Å². The highest BCUT2D eigenvalue weighted by Gasteiger charge is 2.11. The van der Waals surface area contributed by atoms with Crippen LogP contribution in [0.15, 0.2) is 73.1 Å². The Balaban J connectivity index is 1.51. The minimum atomic E-state index is -0.281. The first kappa shape index (κ1) is 22.5. The van der Waals surface area contributed by atoms with E-state index in [-0.39, 0.29) is 5.91 Å². The SMILES string of the molecule is CCN(CC)Cc1ccc(CONC(=O)c2ccccc2NCc2ccncc2)cc1. The average Bonchev–Trinajstić information content (AvgIpc) is 2.83. The van der Waals surface area contributed by atoms with Gasteiger partial charge in [-0.2, -0.15) is 0 Å². The predicted octanol–water partition coefficient (Wildman–Crippen LogP) is 4.40. The average molecular weight is 419 g/mol. The third-order valence-corrected chi connectivity index (χ3v) is 5.13. The van der Waals surface area contributed by atoms with Gasteiger partial charge in [-0.1, -0.05) is 50.2 Å². The number of hydrogen-bond acceptors (Lipinski definition) is 5. The summed E-state index contributed by atoms with van der Waals surface area (Å²) in [5.74, 6) is -0.281. The zero-order valence-electron chi connectivity index (χ0n) is 18.2. The summed E-state index contributed by atoms with van der Waals surface area (Å²) >= 11 is 0. The number of nitrogens with one attached hydrogen (secondary N) is 2. The Kier molecular flexibility index (Phi) is 8.58. The Morgan fingerprint density at radius 2 is 1.58 bits per heavy atom. The van der Waals surface area contributed by atoms with Crippen LogP contribution in [0.2, 0.25) is 0 Å². The lowest BCUT2D eigenvalue weighted by Crippen LogP contribution is -2.24. The lowest BCUT2D eigenvalue weighted by Gasteiger charge is -2.18. The molecule has 6 heteroatoms. The number of carbonyl (C=O) groups excluding carboxylic acids is 1. The van der Waals surface area contributed by atoms with Gasteiger partial charge >= 0.3 is 0 Å². The third-order valence-electron chi connectivity index (χ3n) is 5.13. The van der Waals surface area contributed by atoms with E-state index in [1.54, 1.807) is 18.5 Å². The van der Waals surface area contributed by atoms with Crippen molar-refractivity contribution in [2.75, 3.05) is 18.4 Å². The molecule has 0 atom stereocenters. The smallest absolute Gasteiger partial charge is 0.276 e. The summed E-state index contributed by atoms with van der Waals surface area (Å²) in [5.41, 5.74) is 7.20. The van der Waals surface area contributed by atoms with Crippen LogP contribution in [0.5, 0.6) is 0 Å². The van der Waals surface area contributed by atoms with Crippen molar-refractivity contribution in [3.63, 3.8) is 0 Å². The van der Waals surface area contributed by atoms with Gasteiger partial charge in [-0.25, -0.2) is 5.48 Å². The molecule has 0 radical (unpaired) electrons. The minimum Gasteiger partial charge on any atom is -0.380 e. The number of aromatic nitrogens is 1. The van der Waals surface area contributed by atoms with Crippen LogP contribution in [0.3, 0.4) is 0 Å². The van der Waals surface area contributed by atoms with Crippen LogP contribution in [0.4, 0.5) is 5.69 Å². The van der Waals surface area contributed by atoms with E-state index in [1.807, 2.05) is 42.5 Å². The summed E-state index contributed by atoms with van der Waals surface area (Å²) in [7, 11) is 0. The normalized spacial score (nSPS) is 10.8. The maximum atomic E-state index is 12.6. The summed E-state index contributed by atoms with van der Waals surface area (Å²) in [5, 5.41) is 3.30. The molecule has 0 bridgehead atoms. The highest BCUT2D eigenvalue weighted by Crippen LogP contribution is 2.16. The zero-order chi connectivity index (χ0) is 21.9. The number of pyridine rings is 1. The number of hydroxylamine groups is 1. The molecule has 6 nitrogen and oxygen atoms in total. The van der Waals surface area contributed by atoms with Gasteiger partial charge in [0.25, 0.3) is 5.91 Å². The summed E-state index contributed by atoms with van der Waals surface area (Å²) in [4.78, 5) is 24.5. The van der Waals surface area contributed by atoms with Crippen molar-refractivity contribution < 1.29 is 9.63 Å². The second-order valence-electron chi connectivity index (χ2n) is 7.25. The Bertz CT molecular complexity index is 941. The number of rotatable bonds is 11. The molecule has 0 aliphatic rings. The molecule has 2 aromatic carbocycles. The van der Waals surface area contributed by atoms with Crippen LogP contribution in [-0.4, -0.2) is 28.9 Å². The second kappa shape index (κ2) is 11.8. The summed E-state index contributed by atoms with van der Waals surface area (Å²) in [6, 6.07) is 19.5. The molecule has 3 aromatic rings. The van der Waals surface area contributed by atoms with Gasteiger partial charge < -0.3 is 5.32 Å². The van der Waals surface area contributed by atoms with Crippen molar-refractivity contribution in [3.05, 3.63) is 95.3 Å². The van der Waals surface area contributed by atoms with Gasteiger partial charge in [-0.15, -0.1) is 0 Å². The lowest BCUT2D eigenvalue weighted by molar-refractivity contribution is 0.0234. The lowest BCUT2D eigenvalue weighted by atomic mass is 10.1. The van der Waals surface area contributed by atoms with Crippen LogP contribution < -0.4 is 10.8 Å². The van der Waals surface area contributed by atoms with Crippen molar-refractivity contribution in [1.29, 1.82) is 0 Å². The molecule has 0 aliphatic heterocycles. The highest BCUT2D eigenvalue weighted by atomic mass is 16.6. The van der Waals surface area contributed by atoms with Gasteiger partial charge in [0.15, 0.2) is 0 Å². The summed E-state index contributed by atoms with van der Waals surface area (Å²) in [6.45, 7) is 8.26. The van der Waals surface area contributed by atoms with E-state index >= 15 is 0 Å². The van der Waals surface area contributed by atoms with Crippen LogP contribution >= 0.6 is 0 Å². The summed E-state index contributed by atoms with van der Waals surface area (Å²) < 4.78 is 0. The maximum absolute atomic E-state index is 12.6. The number of hydrogen-bond donors (Lipinski definition) is 2. The van der Waals surface area contributed by atoms with Crippen molar-refractivity contribution in [1.82, 2.24) is 15.4 Å². The van der Waals surface area contributed by atoms with Gasteiger partial charge in [0.2, 0.25) is 0 Å². The number of nitrogens with zero attached hydrogens (tertiary/aromatic N) is 2.